The zero-order valence-corrected chi connectivity index (χ0v) is 20.0. The third kappa shape index (κ3) is 7.02. The lowest BCUT2D eigenvalue weighted by Crippen LogP contribution is -2.44. The van der Waals surface area contributed by atoms with Crippen molar-refractivity contribution >= 4 is 28.9 Å². The van der Waals surface area contributed by atoms with E-state index in [1.165, 1.54) is 5.69 Å². The number of carbonyl (C=O) groups is 1. The van der Waals surface area contributed by atoms with E-state index in [2.05, 4.69) is 44.6 Å². The van der Waals surface area contributed by atoms with Crippen LogP contribution in [0.3, 0.4) is 0 Å². The molecule has 2 aromatic rings. The lowest BCUT2D eigenvalue weighted by atomic mass is 9.93. The number of nitrogens with one attached hydrogen (secondary N) is 2. The van der Waals surface area contributed by atoms with Crippen LogP contribution in [0.1, 0.15) is 56.2 Å². The molecule has 10 heteroatoms. The Morgan fingerprint density at radius 3 is 2.26 bits per heavy atom. The number of hydrogen-bond acceptors (Lipinski definition) is 8. The molecule has 0 radical (unpaired) electrons. The number of likely N-dealkylation sites (N-methyl/N-ethyl adjacent to an activating group) is 1. The van der Waals surface area contributed by atoms with Gasteiger partial charge >= 0.3 is 0 Å². The van der Waals surface area contributed by atoms with Gasteiger partial charge in [-0.05, 0) is 63.4 Å². The maximum Gasteiger partial charge on any atom is 0.271 e. The average molecular weight is 490 g/mol. The smallest absolute Gasteiger partial charge is 0.271 e. The Bertz CT molecular complexity index is 957. The molecule has 35 heavy (non-hydrogen) atoms. The summed E-state index contributed by atoms with van der Waals surface area (Å²) in [7, 11) is 2.15. The number of amides is 1. The van der Waals surface area contributed by atoms with Gasteiger partial charge < -0.3 is 31.3 Å². The molecule has 1 aliphatic carbocycles. The molecule has 2 aliphatic rings. The molecule has 2 heterocycles. The van der Waals surface area contributed by atoms with Crippen molar-refractivity contribution in [3.63, 3.8) is 0 Å². The standard InChI is InChI=1S/C24H35N7O2.CH4.FH/c1-3-20-23(26-17-6-10-19(32)11-7-17)29-24(21(28-20)22(25)33)27-16-4-8-18(9-5-16)31-14-12-30(2)13-15-31;;/h4-5,8-9,17,19,32H,3,6-7,10-15H2,1-2H3,(H2,25,33)(H2,26,27,29);1H4;1H. The first-order chi connectivity index (χ1) is 15.9. The molecular formula is C25H40FN7O2. The van der Waals surface area contributed by atoms with Crippen LogP contribution in [0.4, 0.5) is 27.7 Å². The SMILES string of the molecule is C.CCc1nc(C(N)=O)c(Nc2ccc(N3CCN(C)CC3)cc2)nc1NC1CCC(O)CC1.F. The highest BCUT2D eigenvalue weighted by Gasteiger charge is 2.23. The van der Waals surface area contributed by atoms with Gasteiger partial charge in [0.25, 0.3) is 5.91 Å². The van der Waals surface area contributed by atoms with E-state index in [-0.39, 0.29) is 30.0 Å². The van der Waals surface area contributed by atoms with E-state index in [4.69, 9.17) is 10.7 Å². The normalized spacial score (nSPS) is 20.4. The summed E-state index contributed by atoms with van der Waals surface area (Å²) >= 11 is 0. The van der Waals surface area contributed by atoms with Crippen molar-refractivity contribution in [1.29, 1.82) is 0 Å². The molecule has 1 saturated carbocycles. The van der Waals surface area contributed by atoms with Crippen molar-refractivity contribution < 1.29 is 14.6 Å². The van der Waals surface area contributed by atoms with Gasteiger partial charge in [-0.25, -0.2) is 9.97 Å². The summed E-state index contributed by atoms with van der Waals surface area (Å²) in [6.45, 7) is 6.10. The maximum absolute atomic E-state index is 12.1. The van der Waals surface area contributed by atoms with E-state index >= 15 is 0 Å². The summed E-state index contributed by atoms with van der Waals surface area (Å²) in [5, 5.41) is 16.5. The van der Waals surface area contributed by atoms with Gasteiger partial charge in [0.05, 0.1) is 11.8 Å². The molecular weight excluding hydrogens is 449 g/mol. The number of aryl methyl sites for hydroxylation is 1. The third-order valence-corrected chi connectivity index (χ3v) is 6.57. The minimum atomic E-state index is -0.610. The highest BCUT2D eigenvalue weighted by molar-refractivity contribution is 5.96. The molecule has 1 aromatic heterocycles. The number of aliphatic hydroxyl groups is 1. The number of piperazine rings is 1. The summed E-state index contributed by atoms with van der Waals surface area (Å²) in [6, 6.07) is 8.37. The minimum Gasteiger partial charge on any atom is -0.393 e. The Balaban J connectivity index is 0.00000216. The first kappa shape index (κ1) is 28.3. The fourth-order valence-corrected chi connectivity index (χ4v) is 4.46. The number of carbonyl (C=O) groups excluding carboxylic acids is 1. The van der Waals surface area contributed by atoms with Crippen LogP contribution in [0.15, 0.2) is 24.3 Å². The van der Waals surface area contributed by atoms with Crippen molar-refractivity contribution in [3.05, 3.63) is 35.7 Å². The van der Waals surface area contributed by atoms with E-state index in [0.717, 1.165) is 57.5 Å². The number of nitrogens with two attached hydrogens (primary N) is 1. The molecule has 0 bridgehead atoms. The van der Waals surface area contributed by atoms with Crippen molar-refractivity contribution in [3.8, 4) is 0 Å². The van der Waals surface area contributed by atoms with Crippen molar-refractivity contribution in [2.75, 3.05) is 48.8 Å². The van der Waals surface area contributed by atoms with Gasteiger partial charge in [0.2, 0.25) is 0 Å². The third-order valence-electron chi connectivity index (χ3n) is 6.57. The molecule has 194 valence electrons. The number of halogens is 1. The van der Waals surface area contributed by atoms with Crippen LogP contribution in [-0.2, 0) is 6.42 Å². The van der Waals surface area contributed by atoms with Crippen LogP contribution in [0.25, 0.3) is 0 Å². The Hall–Kier alpha value is -2.98. The van der Waals surface area contributed by atoms with Crippen LogP contribution >= 0.6 is 0 Å². The van der Waals surface area contributed by atoms with Gasteiger partial charge in [-0.15, -0.1) is 0 Å². The maximum atomic E-state index is 12.1. The average Bonchev–Trinajstić information content (AvgIpc) is 2.81. The number of primary amides is 1. The molecule has 2 fully saturated rings. The molecule has 4 rings (SSSR count). The van der Waals surface area contributed by atoms with Crippen LogP contribution in [0, 0.1) is 0 Å². The van der Waals surface area contributed by atoms with E-state index < -0.39 is 5.91 Å². The fraction of sp³-hybridized carbons (Fsp3) is 0.560. The van der Waals surface area contributed by atoms with E-state index in [9.17, 15) is 9.90 Å². The predicted octanol–water partition coefficient (Wildman–Crippen LogP) is 3.14. The van der Waals surface area contributed by atoms with Crippen LogP contribution in [0.2, 0.25) is 0 Å². The second-order valence-electron chi connectivity index (χ2n) is 9.05. The zero-order valence-electron chi connectivity index (χ0n) is 20.0. The molecule has 1 saturated heterocycles. The minimum absolute atomic E-state index is 0. The first-order valence-electron chi connectivity index (χ1n) is 11.9. The van der Waals surface area contributed by atoms with Gasteiger partial charge in [0, 0.05) is 43.6 Å². The summed E-state index contributed by atoms with van der Waals surface area (Å²) in [5.74, 6) is 0.409. The number of aliphatic hydroxyl groups excluding tert-OH is 1. The molecule has 0 unspecified atom stereocenters. The second-order valence-corrected chi connectivity index (χ2v) is 9.05. The summed E-state index contributed by atoms with van der Waals surface area (Å²) in [4.78, 5) is 26.1. The number of anilines is 4. The lowest BCUT2D eigenvalue weighted by molar-refractivity contribution is 0.0996. The van der Waals surface area contributed by atoms with Gasteiger partial charge in [0.1, 0.15) is 5.82 Å². The lowest BCUT2D eigenvalue weighted by Gasteiger charge is -2.34. The first-order valence-corrected chi connectivity index (χ1v) is 11.9. The Morgan fingerprint density at radius 2 is 1.69 bits per heavy atom. The highest BCUT2D eigenvalue weighted by Crippen LogP contribution is 2.27. The molecule has 5 N–H and O–H groups in total. The Labute approximate surface area is 207 Å². The zero-order chi connectivity index (χ0) is 23.4. The molecule has 9 nitrogen and oxygen atoms in total. The molecule has 1 aromatic carbocycles. The van der Waals surface area contributed by atoms with Crippen molar-refractivity contribution in [2.24, 2.45) is 5.73 Å². The van der Waals surface area contributed by atoms with Crippen LogP contribution in [0.5, 0.6) is 0 Å². The number of hydrogen-bond donors (Lipinski definition) is 4. The summed E-state index contributed by atoms with van der Waals surface area (Å²) in [5.41, 5.74) is 8.49. The second kappa shape index (κ2) is 12.6. The molecule has 1 aliphatic heterocycles. The summed E-state index contributed by atoms with van der Waals surface area (Å²) < 4.78 is 0. The monoisotopic (exact) mass is 489 g/mol. The Morgan fingerprint density at radius 1 is 1.06 bits per heavy atom. The molecule has 0 atom stereocenters. The van der Waals surface area contributed by atoms with Crippen LogP contribution in [-0.4, -0.2) is 71.3 Å². The van der Waals surface area contributed by atoms with Gasteiger partial charge in [-0.2, -0.15) is 0 Å². The number of benzene rings is 1. The van der Waals surface area contributed by atoms with Gasteiger partial charge in [-0.1, -0.05) is 14.4 Å². The van der Waals surface area contributed by atoms with E-state index in [0.29, 0.717) is 23.8 Å². The molecule has 0 spiro atoms. The number of rotatable bonds is 7. The van der Waals surface area contributed by atoms with Gasteiger partial charge in [0.15, 0.2) is 11.5 Å². The predicted molar refractivity (Wildman–Crippen MR) is 140 cm³/mol. The highest BCUT2D eigenvalue weighted by atomic mass is 19.0. The number of aromatic nitrogens is 2. The van der Waals surface area contributed by atoms with E-state index in [1.807, 2.05) is 19.1 Å². The quantitative estimate of drug-likeness (QED) is 0.468. The van der Waals surface area contributed by atoms with Crippen molar-refractivity contribution in [2.45, 2.75) is 58.6 Å². The van der Waals surface area contributed by atoms with Gasteiger partial charge in [-0.3, -0.25) is 9.50 Å². The molecule has 1 amide bonds. The largest absolute Gasteiger partial charge is 0.393 e. The fourth-order valence-electron chi connectivity index (χ4n) is 4.46. The number of nitrogens with zero attached hydrogens (tertiary/aromatic N) is 4. The van der Waals surface area contributed by atoms with Crippen LogP contribution < -0.4 is 21.3 Å². The van der Waals surface area contributed by atoms with E-state index in [1.54, 1.807) is 0 Å². The van der Waals surface area contributed by atoms with Crippen molar-refractivity contribution in [1.82, 2.24) is 14.9 Å². The Kier molecular flexibility index (Phi) is 10.2. The summed E-state index contributed by atoms with van der Waals surface area (Å²) in [6.07, 6.45) is 3.71. The topological polar surface area (TPSA) is 120 Å².